The van der Waals surface area contributed by atoms with Gasteiger partial charge < -0.3 is 21.3 Å². The molecule has 2 aromatic rings. The molecule has 3 heterocycles. The molecule has 4 rings (SSSR count). The SMILES string of the molecule is C[C@H](NC(=O)[C@@H]1CCCN1C(=O)c1ccc2ccccc2n1)C(N)=O.O=C1CCCN1. The fourth-order valence-corrected chi connectivity index (χ4v) is 3.56. The Balaban J connectivity index is 0.000000391. The minimum atomic E-state index is -0.774. The van der Waals surface area contributed by atoms with Gasteiger partial charge in [-0.1, -0.05) is 24.3 Å². The molecule has 0 spiro atoms. The van der Waals surface area contributed by atoms with Gasteiger partial charge in [0.2, 0.25) is 17.7 Å². The highest BCUT2D eigenvalue weighted by Crippen LogP contribution is 2.21. The molecule has 2 aliphatic heterocycles. The van der Waals surface area contributed by atoms with Crippen molar-refractivity contribution in [1.82, 2.24) is 20.5 Å². The highest BCUT2D eigenvalue weighted by atomic mass is 16.2. The largest absolute Gasteiger partial charge is 0.368 e. The molecule has 4 amide bonds. The summed E-state index contributed by atoms with van der Waals surface area (Å²) in [6, 6.07) is 9.67. The Kier molecular flexibility index (Phi) is 7.17. The van der Waals surface area contributed by atoms with Crippen LogP contribution in [0.5, 0.6) is 0 Å². The molecule has 9 heteroatoms. The normalized spacial score (nSPS) is 18.7. The molecule has 2 fully saturated rings. The first-order chi connectivity index (χ1) is 14.9. The average Bonchev–Trinajstić information content (AvgIpc) is 3.44. The number of para-hydroxylation sites is 1. The Morgan fingerprint density at radius 3 is 2.61 bits per heavy atom. The van der Waals surface area contributed by atoms with Crippen molar-refractivity contribution < 1.29 is 19.2 Å². The average molecular weight is 425 g/mol. The summed E-state index contributed by atoms with van der Waals surface area (Å²) in [7, 11) is 0. The van der Waals surface area contributed by atoms with Gasteiger partial charge in [-0.2, -0.15) is 0 Å². The Morgan fingerprint density at radius 2 is 1.97 bits per heavy atom. The van der Waals surface area contributed by atoms with Crippen LogP contribution in [0.25, 0.3) is 10.9 Å². The zero-order chi connectivity index (χ0) is 22.4. The minimum absolute atomic E-state index is 0.204. The van der Waals surface area contributed by atoms with E-state index in [4.69, 9.17) is 5.73 Å². The first kappa shape index (κ1) is 22.2. The quantitative estimate of drug-likeness (QED) is 0.664. The maximum Gasteiger partial charge on any atom is 0.273 e. The molecule has 0 aliphatic carbocycles. The van der Waals surface area contributed by atoms with Crippen LogP contribution in [-0.4, -0.2) is 58.7 Å². The molecule has 1 aromatic heterocycles. The van der Waals surface area contributed by atoms with Crippen molar-refractivity contribution in [2.75, 3.05) is 13.1 Å². The zero-order valence-electron chi connectivity index (χ0n) is 17.5. The Morgan fingerprint density at radius 1 is 1.19 bits per heavy atom. The fourth-order valence-electron chi connectivity index (χ4n) is 3.56. The second kappa shape index (κ2) is 10.0. The summed E-state index contributed by atoms with van der Waals surface area (Å²) in [5.41, 5.74) is 6.22. The Hall–Kier alpha value is -3.49. The van der Waals surface area contributed by atoms with Crippen molar-refractivity contribution in [2.45, 2.75) is 44.7 Å². The van der Waals surface area contributed by atoms with E-state index in [9.17, 15) is 19.2 Å². The molecule has 4 N–H and O–H groups in total. The first-order valence-corrected chi connectivity index (χ1v) is 10.4. The number of pyridine rings is 1. The molecule has 2 atom stereocenters. The van der Waals surface area contributed by atoms with E-state index in [2.05, 4.69) is 15.6 Å². The van der Waals surface area contributed by atoms with Gasteiger partial charge in [0.15, 0.2) is 0 Å². The summed E-state index contributed by atoms with van der Waals surface area (Å²) in [6.07, 6.45) is 3.04. The third-order valence-electron chi connectivity index (χ3n) is 5.32. The number of fused-ring (bicyclic) bond motifs is 1. The van der Waals surface area contributed by atoms with E-state index in [-0.39, 0.29) is 17.7 Å². The van der Waals surface area contributed by atoms with Crippen molar-refractivity contribution in [3.63, 3.8) is 0 Å². The molecule has 31 heavy (non-hydrogen) atoms. The number of carbonyl (C=O) groups excluding carboxylic acids is 4. The topological polar surface area (TPSA) is 134 Å². The number of nitrogens with zero attached hydrogens (tertiary/aromatic N) is 2. The molecule has 2 saturated heterocycles. The third kappa shape index (κ3) is 5.56. The predicted octanol–water partition coefficient (Wildman–Crippen LogP) is 0.726. The summed E-state index contributed by atoms with van der Waals surface area (Å²) in [5, 5.41) is 6.19. The van der Waals surface area contributed by atoms with Crippen molar-refractivity contribution in [3.8, 4) is 0 Å². The van der Waals surface area contributed by atoms with Gasteiger partial charge in [0.25, 0.3) is 5.91 Å². The maximum absolute atomic E-state index is 12.8. The number of benzene rings is 1. The van der Waals surface area contributed by atoms with Crippen molar-refractivity contribution in [2.24, 2.45) is 5.73 Å². The summed E-state index contributed by atoms with van der Waals surface area (Å²) in [4.78, 5) is 52.4. The monoisotopic (exact) mass is 425 g/mol. The number of rotatable bonds is 4. The minimum Gasteiger partial charge on any atom is -0.368 e. The number of hydrogen-bond acceptors (Lipinski definition) is 5. The van der Waals surface area contributed by atoms with Crippen LogP contribution in [-0.2, 0) is 14.4 Å². The maximum atomic E-state index is 12.8. The number of nitrogens with one attached hydrogen (secondary N) is 2. The van der Waals surface area contributed by atoms with Gasteiger partial charge in [-0.05, 0) is 38.3 Å². The molecule has 0 radical (unpaired) electrons. The van der Waals surface area contributed by atoms with E-state index >= 15 is 0 Å². The second-order valence-electron chi connectivity index (χ2n) is 7.63. The van der Waals surface area contributed by atoms with Crippen molar-refractivity contribution in [1.29, 1.82) is 0 Å². The van der Waals surface area contributed by atoms with Crippen LogP contribution in [0.2, 0.25) is 0 Å². The number of aromatic nitrogens is 1. The predicted molar refractivity (Wildman–Crippen MR) is 115 cm³/mol. The number of carbonyl (C=O) groups is 4. The van der Waals surface area contributed by atoms with Gasteiger partial charge in [0.05, 0.1) is 5.52 Å². The van der Waals surface area contributed by atoms with E-state index in [1.165, 1.54) is 11.8 Å². The molecule has 0 bridgehead atoms. The van der Waals surface area contributed by atoms with Gasteiger partial charge in [0, 0.05) is 24.9 Å². The number of nitrogens with two attached hydrogens (primary N) is 1. The third-order valence-corrected chi connectivity index (χ3v) is 5.32. The molecule has 1 aromatic carbocycles. The lowest BCUT2D eigenvalue weighted by Gasteiger charge is -2.24. The van der Waals surface area contributed by atoms with Crippen LogP contribution in [0, 0.1) is 0 Å². The molecular weight excluding hydrogens is 398 g/mol. The number of primary amides is 1. The van der Waals surface area contributed by atoms with Crippen LogP contribution in [0.15, 0.2) is 36.4 Å². The van der Waals surface area contributed by atoms with E-state index in [0.29, 0.717) is 18.7 Å². The number of likely N-dealkylation sites (tertiary alicyclic amines) is 1. The van der Waals surface area contributed by atoms with Crippen LogP contribution >= 0.6 is 0 Å². The lowest BCUT2D eigenvalue weighted by molar-refractivity contribution is -0.129. The van der Waals surface area contributed by atoms with Crippen LogP contribution in [0.1, 0.15) is 43.1 Å². The van der Waals surface area contributed by atoms with Gasteiger partial charge in [-0.3, -0.25) is 19.2 Å². The number of amides is 4. The molecule has 0 unspecified atom stereocenters. The van der Waals surface area contributed by atoms with Crippen molar-refractivity contribution in [3.05, 3.63) is 42.1 Å². The summed E-state index contributed by atoms with van der Waals surface area (Å²) >= 11 is 0. The Labute approximate surface area is 180 Å². The van der Waals surface area contributed by atoms with E-state index in [1.54, 1.807) is 6.07 Å². The highest BCUT2D eigenvalue weighted by molar-refractivity contribution is 5.98. The summed E-state index contributed by atoms with van der Waals surface area (Å²) < 4.78 is 0. The van der Waals surface area contributed by atoms with E-state index in [1.807, 2.05) is 30.3 Å². The smallest absolute Gasteiger partial charge is 0.273 e. The zero-order valence-corrected chi connectivity index (χ0v) is 17.5. The molecule has 2 aliphatic rings. The lowest BCUT2D eigenvalue weighted by Crippen LogP contribution is -2.51. The molecule has 164 valence electrons. The van der Waals surface area contributed by atoms with Gasteiger partial charge in [0.1, 0.15) is 17.8 Å². The molecule has 0 saturated carbocycles. The van der Waals surface area contributed by atoms with Gasteiger partial charge in [-0.25, -0.2) is 4.98 Å². The van der Waals surface area contributed by atoms with Gasteiger partial charge >= 0.3 is 0 Å². The van der Waals surface area contributed by atoms with Crippen molar-refractivity contribution >= 4 is 34.5 Å². The van der Waals surface area contributed by atoms with Crippen LogP contribution < -0.4 is 16.4 Å². The highest BCUT2D eigenvalue weighted by Gasteiger charge is 2.35. The standard InChI is InChI=1S/C18H20N4O3.C4H7NO/c1-11(16(19)23)20-17(24)15-7-4-10-22(15)18(25)14-9-8-12-5-2-3-6-13(12)21-14;6-4-2-1-3-5-4/h2-3,5-6,8-9,11,15H,4,7,10H2,1H3,(H2,19,23)(H,20,24);1-3H2,(H,5,6)/t11-,15-;/m0./s1. The van der Waals surface area contributed by atoms with E-state index < -0.39 is 18.0 Å². The van der Waals surface area contributed by atoms with Crippen LogP contribution in [0.3, 0.4) is 0 Å². The molecule has 9 nitrogen and oxygen atoms in total. The summed E-state index contributed by atoms with van der Waals surface area (Å²) in [6.45, 7) is 2.89. The second-order valence-corrected chi connectivity index (χ2v) is 7.63. The van der Waals surface area contributed by atoms with Crippen LogP contribution in [0.4, 0.5) is 0 Å². The fraction of sp³-hybridized carbons (Fsp3) is 0.409. The lowest BCUT2D eigenvalue weighted by atomic mass is 10.1. The Bertz CT molecular complexity index is 985. The molecular formula is C22H27N5O4. The first-order valence-electron chi connectivity index (χ1n) is 10.4. The van der Waals surface area contributed by atoms with Gasteiger partial charge in [-0.15, -0.1) is 0 Å². The summed E-state index contributed by atoms with van der Waals surface area (Å²) in [5.74, 6) is -1.05. The number of hydrogen-bond donors (Lipinski definition) is 3. The van der Waals surface area contributed by atoms with E-state index in [0.717, 1.165) is 36.7 Å².